The van der Waals surface area contributed by atoms with Crippen molar-refractivity contribution in [2.75, 3.05) is 33.5 Å². The summed E-state index contributed by atoms with van der Waals surface area (Å²) in [5.74, 6) is 1.48. The van der Waals surface area contributed by atoms with Gasteiger partial charge in [-0.15, -0.1) is 0 Å². The Kier molecular flexibility index (Phi) is 11.6. The SMILES string of the molecule is CCOc1c(OCC[Si](C)(C)C)n(COCC[Si](C)(C)C)c2c1c([C@H]1CC[C@](CO)(OC)CC1)nc1c(-c3ccc(-c4ccccc4)nc3)cnn12. The highest BCUT2D eigenvalue weighted by atomic mass is 28.3. The van der Waals surface area contributed by atoms with Gasteiger partial charge in [0.2, 0.25) is 5.88 Å². The van der Waals surface area contributed by atoms with Crippen LogP contribution < -0.4 is 9.47 Å². The fourth-order valence-electron chi connectivity index (χ4n) is 6.99. The highest BCUT2D eigenvalue weighted by Crippen LogP contribution is 2.48. The van der Waals surface area contributed by atoms with Crippen molar-refractivity contribution < 1.29 is 24.1 Å². The van der Waals surface area contributed by atoms with E-state index >= 15 is 0 Å². The molecule has 1 aromatic carbocycles. The number of rotatable bonds is 16. The summed E-state index contributed by atoms with van der Waals surface area (Å²) in [5, 5.41) is 16.2. The Morgan fingerprint density at radius 3 is 2.21 bits per heavy atom. The van der Waals surface area contributed by atoms with Crippen LogP contribution in [0.25, 0.3) is 39.1 Å². The lowest BCUT2D eigenvalue weighted by Gasteiger charge is -2.37. The molecule has 280 valence electrons. The van der Waals surface area contributed by atoms with Crippen LogP contribution in [0.2, 0.25) is 51.4 Å². The number of fused-ring (bicyclic) bond motifs is 3. The van der Waals surface area contributed by atoms with Crippen molar-refractivity contribution in [1.82, 2.24) is 24.1 Å². The first kappa shape index (κ1) is 38.2. The Morgan fingerprint density at radius 2 is 1.60 bits per heavy atom. The van der Waals surface area contributed by atoms with Gasteiger partial charge in [0, 0.05) is 58.7 Å². The maximum atomic E-state index is 10.3. The number of methoxy groups -OCH3 is 1. The van der Waals surface area contributed by atoms with Crippen molar-refractivity contribution in [1.29, 1.82) is 0 Å². The molecule has 0 spiro atoms. The Labute approximate surface area is 310 Å². The summed E-state index contributed by atoms with van der Waals surface area (Å²) >= 11 is 0. The van der Waals surface area contributed by atoms with Gasteiger partial charge in [-0.1, -0.05) is 75.7 Å². The molecule has 6 rings (SSSR count). The van der Waals surface area contributed by atoms with E-state index in [2.05, 4.69) is 68.1 Å². The highest BCUT2D eigenvalue weighted by molar-refractivity contribution is 6.76. The minimum absolute atomic E-state index is 0.00124. The van der Waals surface area contributed by atoms with Crippen LogP contribution in [0.3, 0.4) is 0 Å². The number of benzene rings is 1. The number of aliphatic hydroxyl groups is 1. The average molecular weight is 744 g/mol. The van der Waals surface area contributed by atoms with Gasteiger partial charge in [0.05, 0.1) is 48.4 Å². The molecule has 12 heteroatoms. The lowest BCUT2D eigenvalue weighted by Crippen LogP contribution is -2.39. The van der Waals surface area contributed by atoms with E-state index < -0.39 is 21.7 Å². The largest absolute Gasteiger partial charge is 0.488 e. The number of ether oxygens (including phenoxy) is 4. The second kappa shape index (κ2) is 15.8. The minimum atomic E-state index is -1.39. The molecule has 1 fully saturated rings. The maximum Gasteiger partial charge on any atom is 0.241 e. The first-order valence-electron chi connectivity index (χ1n) is 18.8. The molecule has 0 amide bonds. The second-order valence-electron chi connectivity index (χ2n) is 16.6. The number of hydrogen-bond acceptors (Lipinski definition) is 8. The summed E-state index contributed by atoms with van der Waals surface area (Å²) in [6.07, 6.45) is 6.91. The Morgan fingerprint density at radius 1 is 0.885 bits per heavy atom. The topological polar surface area (TPSA) is 105 Å². The van der Waals surface area contributed by atoms with E-state index in [4.69, 9.17) is 34.0 Å². The normalized spacial score (nSPS) is 18.4. The van der Waals surface area contributed by atoms with Crippen molar-refractivity contribution in [3.63, 3.8) is 0 Å². The van der Waals surface area contributed by atoms with Crippen molar-refractivity contribution in [3.05, 3.63) is 60.6 Å². The fraction of sp³-hybridized carbons (Fsp3) is 0.525. The predicted octanol–water partition coefficient (Wildman–Crippen LogP) is 8.88. The summed E-state index contributed by atoms with van der Waals surface area (Å²) in [5.41, 5.74) is 5.86. The van der Waals surface area contributed by atoms with E-state index in [1.165, 1.54) is 0 Å². The van der Waals surface area contributed by atoms with Gasteiger partial charge in [0.25, 0.3) is 0 Å². The lowest BCUT2D eigenvalue weighted by atomic mass is 9.77. The van der Waals surface area contributed by atoms with Crippen LogP contribution in [0.15, 0.2) is 54.9 Å². The third-order valence-electron chi connectivity index (χ3n) is 10.3. The molecular weight excluding hydrogens is 687 g/mol. The fourth-order valence-corrected chi connectivity index (χ4v) is 8.46. The van der Waals surface area contributed by atoms with Crippen molar-refractivity contribution in [2.24, 2.45) is 0 Å². The van der Waals surface area contributed by atoms with Gasteiger partial charge in [-0.25, -0.2) is 4.98 Å². The molecule has 10 nitrogen and oxygen atoms in total. The summed E-state index contributed by atoms with van der Waals surface area (Å²) in [6.45, 7) is 18.2. The van der Waals surface area contributed by atoms with Crippen LogP contribution in [0.4, 0.5) is 0 Å². The van der Waals surface area contributed by atoms with Gasteiger partial charge in [-0.2, -0.15) is 9.61 Å². The number of hydrogen-bond donors (Lipinski definition) is 1. The summed E-state index contributed by atoms with van der Waals surface area (Å²) in [6, 6.07) is 16.4. The van der Waals surface area contributed by atoms with Crippen LogP contribution in [0.5, 0.6) is 11.6 Å². The van der Waals surface area contributed by atoms with Crippen LogP contribution in [-0.2, 0) is 16.2 Å². The van der Waals surface area contributed by atoms with Crippen LogP contribution in [-0.4, -0.2) is 84.5 Å². The van der Waals surface area contributed by atoms with Crippen LogP contribution >= 0.6 is 0 Å². The van der Waals surface area contributed by atoms with Crippen LogP contribution in [0.1, 0.15) is 44.2 Å². The predicted molar refractivity (Wildman–Crippen MR) is 214 cm³/mol. The summed E-state index contributed by atoms with van der Waals surface area (Å²) in [7, 11) is -0.998. The number of nitrogens with zero attached hydrogens (tertiary/aromatic N) is 5. The minimum Gasteiger partial charge on any atom is -0.488 e. The molecule has 0 radical (unpaired) electrons. The van der Waals surface area contributed by atoms with E-state index in [0.29, 0.717) is 38.2 Å². The zero-order chi connectivity index (χ0) is 37.1. The first-order valence-corrected chi connectivity index (χ1v) is 26.2. The molecule has 1 aliphatic rings. The molecule has 0 saturated heterocycles. The monoisotopic (exact) mass is 743 g/mol. The third kappa shape index (κ3) is 8.31. The lowest BCUT2D eigenvalue weighted by molar-refractivity contribution is -0.0784. The quantitative estimate of drug-likeness (QED) is 0.0790. The highest BCUT2D eigenvalue weighted by Gasteiger charge is 2.38. The van der Waals surface area contributed by atoms with Crippen molar-refractivity contribution in [2.45, 2.75) is 102 Å². The Hall–Kier alpha value is -3.56. The molecule has 52 heavy (non-hydrogen) atoms. The average Bonchev–Trinajstić information content (AvgIpc) is 3.68. The van der Waals surface area contributed by atoms with Gasteiger partial charge in [0.1, 0.15) is 6.73 Å². The molecular formula is C40H57N5O5Si2. The molecule has 1 saturated carbocycles. The van der Waals surface area contributed by atoms with E-state index in [9.17, 15) is 5.11 Å². The van der Waals surface area contributed by atoms with E-state index in [1.54, 1.807) is 7.11 Å². The van der Waals surface area contributed by atoms with E-state index in [1.807, 2.05) is 42.0 Å². The third-order valence-corrected chi connectivity index (χ3v) is 13.7. The molecule has 0 aliphatic heterocycles. The van der Waals surface area contributed by atoms with Crippen LogP contribution in [0, 0.1) is 0 Å². The molecule has 1 aliphatic carbocycles. The summed E-state index contributed by atoms with van der Waals surface area (Å²) < 4.78 is 29.7. The number of aliphatic hydroxyl groups excluding tert-OH is 1. The molecule has 0 bridgehead atoms. The molecule has 4 aromatic heterocycles. The smallest absolute Gasteiger partial charge is 0.241 e. The maximum absolute atomic E-state index is 10.3. The summed E-state index contributed by atoms with van der Waals surface area (Å²) in [4.78, 5) is 10.3. The molecule has 4 heterocycles. The Balaban J connectivity index is 1.54. The van der Waals surface area contributed by atoms with E-state index in [0.717, 1.165) is 82.5 Å². The zero-order valence-electron chi connectivity index (χ0n) is 32.4. The Bertz CT molecular complexity index is 1930. The van der Waals surface area contributed by atoms with E-state index in [-0.39, 0.29) is 12.5 Å². The van der Waals surface area contributed by atoms with Gasteiger partial charge >= 0.3 is 0 Å². The number of pyridine rings is 1. The molecule has 0 unspecified atom stereocenters. The molecule has 1 N–H and O–H groups in total. The van der Waals surface area contributed by atoms with Gasteiger partial charge < -0.3 is 24.1 Å². The number of aromatic nitrogens is 5. The van der Waals surface area contributed by atoms with Crippen molar-refractivity contribution >= 4 is 32.8 Å². The standard InChI is InChI=1S/C40H57N5O5Si2/c1-9-49-36-34-35(30-17-19-40(27-46,47-2)20-18-30)43-37-32(31-15-16-33(41-25-31)29-13-11-10-12-14-29)26-42-45(37)38(34)44(28-48-21-23-51(3,4)5)39(36)50-22-24-52(6,7)8/h10-16,25-26,30,46H,9,17-24,27-28H2,1-8H3/t30-,40-. The first-order chi connectivity index (χ1) is 24.9. The van der Waals surface area contributed by atoms with Crippen molar-refractivity contribution in [3.8, 4) is 34.0 Å². The van der Waals surface area contributed by atoms with Gasteiger partial charge in [0.15, 0.2) is 17.0 Å². The van der Waals surface area contributed by atoms with Gasteiger partial charge in [-0.05, 0) is 50.8 Å². The zero-order valence-corrected chi connectivity index (χ0v) is 34.4. The van der Waals surface area contributed by atoms with Gasteiger partial charge in [-0.3, -0.25) is 9.55 Å². The molecule has 5 aromatic rings. The molecule has 0 atom stereocenters. The second-order valence-corrected chi connectivity index (χ2v) is 27.9.